The zero-order valence-electron chi connectivity index (χ0n) is 18.3. The molecule has 4 heterocycles. The van der Waals surface area contributed by atoms with Crippen molar-refractivity contribution in [1.82, 2.24) is 25.2 Å². The van der Waals surface area contributed by atoms with E-state index < -0.39 is 11.4 Å². The van der Waals surface area contributed by atoms with Crippen molar-refractivity contribution in [2.75, 3.05) is 6.61 Å². The molecule has 0 saturated carbocycles. The van der Waals surface area contributed by atoms with Gasteiger partial charge in [0.15, 0.2) is 11.8 Å². The highest BCUT2D eigenvalue weighted by atomic mass is 35.5. The van der Waals surface area contributed by atoms with E-state index in [2.05, 4.69) is 20.3 Å². The molecule has 5 rings (SSSR count). The monoisotopic (exact) mass is 470 g/mol. The molecule has 2 aromatic heterocycles. The Balaban J connectivity index is 1.50. The van der Waals surface area contributed by atoms with Crippen LogP contribution in [0.4, 0.5) is 4.39 Å². The zero-order valence-corrected chi connectivity index (χ0v) is 19.0. The van der Waals surface area contributed by atoms with E-state index in [-0.39, 0.29) is 41.0 Å². The van der Waals surface area contributed by atoms with Crippen LogP contribution in [0.1, 0.15) is 38.7 Å². The number of amides is 1. The topological polar surface area (TPSA) is 107 Å². The molecule has 2 saturated heterocycles. The number of nitrogens with one attached hydrogen (secondary N) is 3. The summed E-state index contributed by atoms with van der Waals surface area (Å²) in [4.78, 5) is 26.2. The summed E-state index contributed by atoms with van der Waals surface area (Å²) in [7, 11) is 0. The van der Waals surface area contributed by atoms with Crippen LogP contribution in [0, 0.1) is 11.2 Å². The van der Waals surface area contributed by atoms with Crippen molar-refractivity contribution in [3.8, 4) is 11.4 Å². The Hall–Kier alpha value is -3.04. The van der Waals surface area contributed by atoms with E-state index in [1.165, 1.54) is 11.0 Å². The molecule has 3 atom stereocenters. The minimum Gasteiger partial charge on any atom is -0.378 e. The number of halogens is 2. The number of nitrogens with zero attached hydrogens (tertiary/aromatic N) is 3. The molecule has 2 aliphatic rings. The SMILES string of the molecule is C[C@@H]1C[C@H](N2C(=N)N[C@](C)(c3cc(F)c4nc(-c5ccncc5)[nH]c4c3Cl)CC2=O)CCO1. The van der Waals surface area contributed by atoms with Crippen molar-refractivity contribution in [2.45, 2.75) is 50.8 Å². The summed E-state index contributed by atoms with van der Waals surface area (Å²) in [6.45, 7) is 4.27. The van der Waals surface area contributed by atoms with Crippen molar-refractivity contribution < 1.29 is 13.9 Å². The molecule has 0 unspecified atom stereocenters. The van der Waals surface area contributed by atoms with E-state index in [1.54, 1.807) is 31.5 Å². The third kappa shape index (κ3) is 3.75. The van der Waals surface area contributed by atoms with Gasteiger partial charge in [0.2, 0.25) is 5.91 Å². The first kappa shape index (κ1) is 21.8. The molecule has 10 heteroatoms. The Morgan fingerprint density at radius 2 is 2.12 bits per heavy atom. The number of pyridine rings is 1. The molecular weight excluding hydrogens is 447 g/mol. The van der Waals surface area contributed by atoms with Gasteiger partial charge in [-0.2, -0.15) is 0 Å². The van der Waals surface area contributed by atoms with Gasteiger partial charge in [-0.25, -0.2) is 9.37 Å². The first-order valence-corrected chi connectivity index (χ1v) is 11.2. The normalized spacial score (nSPS) is 26.0. The van der Waals surface area contributed by atoms with E-state index >= 15 is 4.39 Å². The second-order valence-corrected chi connectivity index (χ2v) is 9.25. The molecule has 3 aromatic rings. The maximum Gasteiger partial charge on any atom is 0.232 e. The average molecular weight is 471 g/mol. The van der Waals surface area contributed by atoms with Gasteiger partial charge in [0.05, 0.1) is 28.6 Å². The van der Waals surface area contributed by atoms with Crippen LogP contribution in [0.3, 0.4) is 0 Å². The van der Waals surface area contributed by atoms with Gasteiger partial charge >= 0.3 is 0 Å². The summed E-state index contributed by atoms with van der Waals surface area (Å²) in [5, 5.41) is 12.0. The van der Waals surface area contributed by atoms with Gasteiger partial charge in [0.1, 0.15) is 11.3 Å². The molecule has 8 nitrogen and oxygen atoms in total. The fourth-order valence-corrected chi connectivity index (χ4v) is 5.18. The number of aromatic amines is 1. The summed E-state index contributed by atoms with van der Waals surface area (Å²) in [6, 6.07) is 4.73. The molecule has 3 N–H and O–H groups in total. The van der Waals surface area contributed by atoms with Crippen molar-refractivity contribution in [1.29, 1.82) is 5.41 Å². The quantitative estimate of drug-likeness (QED) is 0.537. The number of benzene rings is 1. The van der Waals surface area contributed by atoms with Crippen LogP contribution in [-0.4, -0.2) is 50.5 Å². The maximum atomic E-state index is 15.1. The van der Waals surface area contributed by atoms with E-state index in [4.69, 9.17) is 21.7 Å². The largest absolute Gasteiger partial charge is 0.378 e. The lowest BCUT2D eigenvalue weighted by Gasteiger charge is -2.45. The number of H-pyrrole nitrogens is 1. The predicted octanol–water partition coefficient (Wildman–Crippen LogP) is 3.96. The standard InChI is InChI=1S/C23H24ClFN6O2/c1-12-9-14(5-8-33-12)31-17(32)11-23(2,30-22(31)26)15-10-16(25)19-20(18(15)24)29-21(28-19)13-3-6-27-7-4-13/h3-4,6-7,10,12,14H,5,8-9,11H2,1-2H3,(H2,26,30)(H,28,29)/t12-,14-,23+/m1/s1. The third-order valence-electron chi connectivity index (χ3n) is 6.44. The van der Waals surface area contributed by atoms with Crippen LogP contribution in [0.5, 0.6) is 0 Å². The number of carbonyl (C=O) groups is 1. The number of ether oxygens (including phenoxy) is 1. The Labute approximate surface area is 195 Å². The Kier molecular flexibility index (Phi) is 5.33. The van der Waals surface area contributed by atoms with Gasteiger partial charge < -0.3 is 15.0 Å². The number of fused-ring (bicyclic) bond motifs is 1. The highest BCUT2D eigenvalue weighted by Gasteiger charge is 2.44. The molecule has 2 aliphatic heterocycles. The first-order chi connectivity index (χ1) is 15.8. The fourth-order valence-electron chi connectivity index (χ4n) is 4.78. The fraction of sp³-hybridized carbons (Fsp3) is 0.391. The highest BCUT2D eigenvalue weighted by molar-refractivity contribution is 6.36. The molecule has 0 bridgehead atoms. The third-order valence-corrected chi connectivity index (χ3v) is 6.83. The van der Waals surface area contributed by atoms with Crippen molar-refractivity contribution in [3.05, 3.63) is 47.0 Å². The summed E-state index contributed by atoms with van der Waals surface area (Å²) < 4.78 is 20.7. The lowest BCUT2D eigenvalue weighted by atomic mass is 9.85. The second-order valence-electron chi connectivity index (χ2n) is 8.87. The summed E-state index contributed by atoms with van der Waals surface area (Å²) >= 11 is 6.73. The molecule has 33 heavy (non-hydrogen) atoms. The smallest absolute Gasteiger partial charge is 0.232 e. The Bertz CT molecular complexity index is 1230. The molecule has 0 radical (unpaired) electrons. The minimum atomic E-state index is -1.05. The number of imidazole rings is 1. The van der Waals surface area contributed by atoms with Crippen LogP contribution in [0.15, 0.2) is 30.6 Å². The molecular formula is C23H24ClFN6O2. The van der Waals surface area contributed by atoms with E-state index in [1.807, 2.05) is 6.92 Å². The van der Waals surface area contributed by atoms with E-state index in [9.17, 15) is 4.79 Å². The maximum absolute atomic E-state index is 15.1. The van der Waals surface area contributed by atoms with Gasteiger partial charge in [0, 0.05) is 36.2 Å². The molecule has 0 spiro atoms. The van der Waals surface area contributed by atoms with Crippen LogP contribution in [0.2, 0.25) is 5.02 Å². The molecule has 1 amide bonds. The highest BCUT2D eigenvalue weighted by Crippen LogP contribution is 2.39. The van der Waals surface area contributed by atoms with Crippen molar-refractivity contribution in [3.63, 3.8) is 0 Å². The van der Waals surface area contributed by atoms with Gasteiger partial charge in [-0.1, -0.05) is 11.6 Å². The van der Waals surface area contributed by atoms with E-state index in [0.717, 1.165) is 5.56 Å². The zero-order chi connectivity index (χ0) is 23.3. The van der Waals surface area contributed by atoms with Gasteiger partial charge in [-0.05, 0) is 44.9 Å². The van der Waals surface area contributed by atoms with Crippen LogP contribution < -0.4 is 5.32 Å². The number of guanidine groups is 1. The Morgan fingerprint density at radius 1 is 1.36 bits per heavy atom. The first-order valence-electron chi connectivity index (χ1n) is 10.9. The van der Waals surface area contributed by atoms with Gasteiger partial charge in [0.25, 0.3) is 0 Å². The Morgan fingerprint density at radius 3 is 2.82 bits per heavy atom. The minimum absolute atomic E-state index is 0.00786. The van der Waals surface area contributed by atoms with Gasteiger partial charge in [-0.15, -0.1) is 0 Å². The molecule has 1 aromatic carbocycles. The van der Waals surface area contributed by atoms with Gasteiger partial charge in [-0.3, -0.25) is 20.1 Å². The lowest BCUT2D eigenvalue weighted by molar-refractivity contribution is -0.134. The number of rotatable bonds is 3. The van der Waals surface area contributed by atoms with Crippen molar-refractivity contribution >= 4 is 34.5 Å². The number of carbonyl (C=O) groups excluding carboxylic acids is 1. The number of hydrogen-bond acceptors (Lipinski definition) is 5. The van der Waals surface area contributed by atoms with Crippen molar-refractivity contribution in [2.24, 2.45) is 0 Å². The molecule has 0 aliphatic carbocycles. The number of hydrogen-bond donors (Lipinski definition) is 3. The molecule has 2 fully saturated rings. The lowest BCUT2D eigenvalue weighted by Crippen LogP contribution is -2.63. The number of aromatic nitrogens is 3. The molecule has 172 valence electrons. The summed E-state index contributed by atoms with van der Waals surface area (Å²) in [6.07, 6.45) is 4.65. The summed E-state index contributed by atoms with van der Waals surface area (Å²) in [5.74, 6) is -0.287. The second kappa shape index (κ2) is 8.07. The predicted molar refractivity (Wildman–Crippen MR) is 122 cm³/mol. The van der Waals surface area contributed by atoms with Crippen LogP contribution in [-0.2, 0) is 15.1 Å². The van der Waals surface area contributed by atoms with Crippen LogP contribution >= 0.6 is 11.6 Å². The van der Waals surface area contributed by atoms with Crippen LogP contribution in [0.25, 0.3) is 22.4 Å². The van der Waals surface area contributed by atoms with E-state index in [0.29, 0.717) is 36.4 Å². The average Bonchev–Trinajstić information content (AvgIpc) is 3.23. The summed E-state index contributed by atoms with van der Waals surface area (Å²) in [5.41, 5.74) is 0.571.